The van der Waals surface area contributed by atoms with Crippen LogP contribution in [0.25, 0.3) is 0 Å². The first kappa shape index (κ1) is 16.2. The lowest BCUT2D eigenvalue weighted by atomic mass is 10.1. The Bertz CT molecular complexity index is 910. The topological polar surface area (TPSA) is 59.1 Å². The minimum atomic E-state index is -0.339. The maximum absolute atomic E-state index is 12.7. The minimum Gasteiger partial charge on any atom is -0.448 e. The molecule has 0 atom stereocenters. The van der Waals surface area contributed by atoms with Gasteiger partial charge < -0.3 is 19.3 Å². The summed E-state index contributed by atoms with van der Waals surface area (Å²) in [4.78, 5) is 29.2. The Morgan fingerprint density at radius 3 is 1.38 bits per heavy atom. The van der Waals surface area contributed by atoms with Gasteiger partial charge in [0.2, 0.25) is 23.1 Å². The number of benzene rings is 2. The number of allylic oxidation sites excluding steroid dienone is 2. The minimum absolute atomic E-state index is 0.0523. The molecule has 6 heteroatoms. The fourth-order valence-electron chi connectivity index (χ4n) is 2.98. The molecule has 0 saturated carbocycles. The zero-order valence-corrected chi connectivity index (χ0v) is 15.0. The second-order valence-corrected chi connectivity index (χ2v) is 6.67. The molecule has 0 fully saturated rings. The quantitative estimate of drug-likeness (QED) is 0.776. The summed E-state index contributed by atoms with van der Waals surface area (Å²) in [6.45, 7) is 0. The van der Waals surface area contributed by atoms with Gasteiger partial charge in [0.1, 0.15) is 11.5 Å². The highest BCUT2D eigenvalue weighted by molar-refractivity contribution is 6.21. The Labute approximate surface area is 151 Å². The maximum atomic E-state index is 12.7. The summed E-state index contributed by atoms with van der Waals surface area (Å²) in [7, 11) is 7.61. The number of rotatable bonds is 2. The third kappa shape index (κ3) is 2.34. The van der Waals surface area contributed by atoms with Gasteiger partial charge in [-0.15, -0.1) is 0 Å². The van der Waals surface area contributed by atoms with Crippen LogP contribution >= 0.6 is 0 Å². The van der Waals surface area contributed by atoms with Crippen molar-refractivity contribution < 1.29 is 19.1 Å². The molecule has 2 aliphatic heterocycles. The third-order valence-electron chi connectivity index (χ3n) is 4.50. The van der Waals surface area contributed by atoms with Crippen LogP contribution in [0, 0.1) is 0 Å². The van der Waals surface area contributed by atoms with Crippen molar-refractivity contribution in [2.75, 3.05) is 38.0 Å². The van der Waals surface area contributed by atoms with Crippen LogP contribution in [0.2, 0.25) is 0 Å². The van der Waals surface area contributed by atoms with E-state index in [1.807, 2.05) is 50.1 Å². The molecule has 4 rings (SSSR count). The Morgan fingerprint density at radius 1 is 0.654 bits per heavy atom. The predicted molar refractivity (Wildman–Crippen MR) is 98.5 cm³/mol. The first-order valence-corrected chi connectivity index (χ1v) is 8.19. The van der Waals surface area contributed by atoms with E-state index in [1.165, 1.54) is 0 Å². The number of nitrogens with zero attached hydrogens (tertiary/aromatic N) is 2. The lowest BCUT2D eigenvalue weighted by Crippen LogP contribution is -2.10. The van der Waals surface area contributed by atoms with E-state index in [2.05, 4.69) is 0 Å². The first-order valence-electron chi connectivity index (χ1n) is 8.19. The molecule has 0 aromatic heterocycles. The van der Waals surface area contributed by atoms with E-state index >= 15 is 0 Å². The SMILES string of the molecule is CN(C)c1ccc2c(c1)OC(=C1Oc3cc(N(C)C)ccc3C1=O)C2=O. The van der Waals surface area contributed by atoms with Gasteiger partial charge in [-0.2, -0.15) is 0 Å². The zero-order valence-electron chi connectivity index (χ0n) is 15.0. The van der Waals surface area contributed by atoms with Crippen LogP contribution in [0.3, 0.4) is 0 Å². The lowest BCUT2D eigenvalue weighted by molar-refractivity contribution is 0.0960. The molecule has 2 heterocycles. The van der Waals surface area contributed by atoms with Crippen molar-refractivity contribution in [1.82, 2.24) is 0 Å². The van der Waals surface area contributed by atoms with Gasteiger partial charge in [0, 0.05) is 51.7 Å². The second-order valence-electron chi connectivity index (χ2n) is 6.67. The molecule has 0 aliphatic carbocycles. The molecule has 0 amide bonds. The molecule has 132 valence electrons. The van der Waals surface area contributed by atoms with Gasteiger partial charge in [0.15, 0.2) is 0 Å². The van der Waals surface area contributed by atoms with Crippen LogP contribution in [-0.2, 0) is 0 Å². The molecule has 2 aliphatic rings. The summed E-state index contributed by atoms with van der Waals surface area (Å²) in [6.07, 6.45) is 0. The van der Waals surface area contributed by atoms with Gasteiger partial charge >= 0.3 is 0 Å². The number of ketones is 2. The molecular weight excluding hydrogens is 332 g/mol. The van der Waals surface area contributed by atoms with Crippen molar-refractivity contribution in [2.24, 2.45) is 0 Å². The fraction of sp³-hybridized carbons (Fsp3) is 0.200. The van der Waals surface area contributed by atoms with Crippen molar-refractivity contribution >= 4 is 22.9 Å². The Morgan fingerprint density at radius 2 is 1.04 bits per heavy atom. The molecule has 26 heavy (non-hydrogen) atoms. The largest absolute Gasteiger partial charge is 0.448 e. The van der Waals surface area contributed by atoms with Crippen molar-refractivity contribution in [1.29, 1.82) is 0 Å². The van der Waals surface area contributed by atoms with Crippen LogP contribution in [0.1, 0.15) is 20.7 Å². The Kier molecular flexibility index (Phi) is 3.50. The number of hydrogen-bond acceptors (Lipinski definition) is 6. The summed E-state index contributed by atoms with van der Waals surface area (Å²) >= 11 is 0. The van der Waals surface area contributed by atoms with E-state index in [4.69, 9.17) is 9.47 Å². The number of carbonyl (C=O) groups excluding carboxylic acids is 2. The average Bonchev–Trinajstić information content (AvgIpc) is 3.11. The van der Waals surface area contributed by atoms with Gasteiger partial charge in [-0.05, 0) is 24.3 Å². The monoisotopic (exact) mass is 350 g/mol. The van der Waals surface area contributed by atoms with E-state index in [9.17, 15) is 9.59 Å². The molecule has 6 nitrogen and oxygen atoms in total. The number of Topliss-reactive ketones (excluding diaryl/α,β-unsaturated/α-hetero) is 2. The molecule has 0 spiro atoms. The molecule has 2 aromatic carbocycles. The smallest absolute Gasteiger partial charge is 0.236 e. The highest BCUT2D eigenvalue weighted by Crippen LogP contribution is 2.40. The van der Waals surface area contributed by atoms with Crippen LogP contribution in [0.5, 0.6) is 11.5 Å². The third-order valence-corrected chi connectivity index (χ3v) is 4.50. The van der Waals surface area contributed by atoms with Crippen LogP contribution in [0.15, 0.2) is 47.9 Å². The van der Waals surface area contributed by atoms with Gasteiger partial charge in [0.05, 0.1) is 11.1 Å². The number of carbonyl (C=O) groups is 2. The standard InChI is InChI=1S/C20H18N2O4/c1-21(2)11-5-7-13-15(9-11)25-19(17(13)23)20-18(24)14-8-6-12(22(3)4)10-16(14)26-20/h5-10H,1-4H3. The summed E-state index contributed by atoms with van der Waals surface area (Å²) in [5, 5.41) is 0. The molecular formula is C20H18N2O4. The summed E-state index contributed by atoms with van der Waals surface area (Å²) < 4.78 is 11.4. The number of anilines is 2. The Balaban J connectivity index is 1.74. The van der Waals surface area contributed by atoms with E-state index in [-0.39, 0.29) is 23.1 Å². The van der Waals surface area contributed by atoms with Crippen LogP contribution in [0.4, 0.5) is 11.4 Å². The molecule has 0 saturated heterocycles. The van der Waals surface area contributed by atoms with Crippen LogP contribution in [-0.4, -0.2) is 39.8 Å². The van der Waals surface area contributed by atoms with E-state index in [0.29, 0.717) is 22.6 Å². The lowest BCUT2D eigenvalue weighted by Gasteiger charge is -2.12. The first-order chi connectivity index (χ1) is 12.4. The maximum Gasteiger partial charge on any atom is 0.236 e. The van der Waals surface area contributed by atoms with Gasteiger partial charge in [-0.3, -0.25) is 9.59 Å². The fourth-order valence-corrected chi connectivity index (χ4v) is 2.98. The van der Waals surface area contributed by atoms with Crippen LogP contribution < -0.4 is 19.3 Å². The zero-order chi connectivity index (χ0) is 18.6. The molecule has 2 aromatic rings. The van der Waals surface area contributed by atoms with Gasteiger partial charge in [0.25, 0.3) is 0 Å². The highest BCUT2D eigenvalue weighted by Gasteiger charge is 2.39. The van der Waals surface area contributed by atoms with E-state index in [1.54, 1.807) is 24.3 Å². The predicted octanol–water partition coefficient (Wildman–Crippen LogP) is 2.88. The van der Waals surface area contributed by atoms with Gasteiger partial charge in [-0.25, -0.2) is 0 Å². The molecule has 0 N–H and O–H groups in total. The van der Waals surface area contributed by atoms with Crippen molar-refractivity contribution in [3.8, 4) is 11.5 Å². The summed E-state index contributed by atoms with van der Waals surface area (Å²) in [5.41, 5.74) is 2.67. The molecule has 0 radical (unpaired) electrons. The Hall–Kier alpha value is -3.28. The molecule has 0 unspecified atom stereocenters. The van der Waals surface area contributed by atoms with E-state index in [0.717, 1.165) is 11.4 Å². The van der Waals surface area contributed by atoms with Crippen molar-refractivity contribution in [3.05, 3.63) is 59.0 Å². The van der Waals surface area contributed by atoms with Gasteiger partial charge in [-0.1, -0.05) is 0 Å². The number of hydrogen-bond donors (Lipinski definition) is 0. The molecule has 0 bridgehead atoms. The second kappa shape index (κ2) is 5.62. The van der Waals surface area contributed by atoms with E-state index < -0.39 is 0 Å². The number of ether oxygens (including phenoxy) is 2. The summed E-state index contributed by atoms with van der Waals surface area (Å²) in [6, 6.07) is 10.6. The van der Waals surface area contributed by atoms with Crippen molar-refractivity contribution in [3.63, 3.8) is 0 Å². The van der Waals surface area contributed by atoms with Crippen molar-refractivity contribution in [2.45, 2.75) is 0 Å². The number of fused-ring (bicyclic) bond motifs is 2. The average molecular weight is 350 g/mol. The summed E-state index contributed by atoms with van der Waals surface area (Å²) in [5.74, 6) is 0.0886. The highest BCUT2D eigenvalue weighted by atomic mass is 16.5. The normalized spacial score (nSPS) is 17.5.